The van der Waals surface area contributed by atoms with Gasteiger partial charge in [0.15, 0.2) is 0 Å². The van der Waals surface area contributed by atoms with Crippen molar-refractivity contribution in [2.24, 2.45) is 0 Å². The van der Waals surface area contributed by atoms with Gasteiger partial charge in [-0.1, -0.05) is 0 Å². The summed E-state index contributed by atoms with van der Waals surface area (Å²) in [5, 5.41) is 0. The molecule has 0 atom stereocenters. The van der Waals surface area contributed by atoms with Gasteiger partial charge in [0.1, 0.15) is 5.82 Å². The summed E-state index contributed by atoms with van der Waals surface area (Å²) in [6.07, 6.45) is 0. The van der Waals surface area contributed by atoms with Crippen LogP contribution in [0, 0.1) is 6.92 Å². The maximum Gasteiger partial charge on any atom is 0.256 e. The number of carbonyl (C=O) groups is 2. The lowest BCUT2D eigenvalue weighted by Crippen LogP contribution is -2.41. The summed E-state index contributed by atoms with van der Waals surface area (Å²) in [5.74, 6) is 1.02. The number of fused-ring (bicyclic) bond motifs is 1. The molecule has 0 unspecified atom stereocenters. The van der Waals surface area contributed by atoms with Gasteiger partial charge in [0, 0.05) is 13.1 Å². The van der Waals surface area contributed by atoms with E-state index in [0.717, 1.165) is 0 Å². The molecule has 8 nitrogen and oxygen atoms in total. The Morgan fingerprint density at radius 2 is 1.83 bits per heavy atom. The number of nitrogens with zero attached hydrogens (tertiary/aromatic N) is 3. The number of ether oxygens (including phenoxy) is 1. The van der Waals surface area contributed by atoms with Crippen molar-refractivity contribution in [1.29, 1.82) is 0 Å². The van der Waals surface area contributed by atoms with E-state index in [1.807, 2.05) is 0 Å². The molecule has 0 aromatic carbocycles. The van der Waals surface area contributed by atoms with Crippen molar-refractivity contribution in [2.75, 3.05) is 37.8 Å². The SMILES string of the molecule is Cc1nc2c(c(=O)[nH]1)CN(C(=O)CSCC(=O)N1CCOCC1)C2. The first-order chi connectivity index (χ1) is 11.5. The lowest BCUT2D eigenvalue weighted by molar-refractivity contribution is -0.132. The monoisotopic (exact) mass is 352 g/mol. The van der Waals surface area contributed by atoms with E-state index in [1.54, 1.807) is 16.7 Å². The third kappa shape index (κ3) is 3.78. The Balaban J connectivity index is 1.47. The molecule has 1 aromatic heterocycles. The second-order valence-electron chi connectivity index (χ2n) is 5.81. The Morgan fingerprint density at radius 1 is 1.17 bits per heavy atom. The molecule has 3 rings (SSSR count). The average molecular weight is 352 g/mol. The van der Waals surface area contributed by atoms with Crippen LogP contribution < -0.4 is 5.56 Å². The van der Waals surface area contributed by atoms with Gasteiger partial charge in [-0.2, -0.15) is 0 Å². The first-order valence-electron chi connectivity index (χ1n) is 7.84. The molecule has 0 spiro atoms. The van der Waals surface area contributed by atoms with Crippen LogP contribution in [-0.4, -0.2) is 69.4 Å². The highest BCUT2D eigenvalue weighted by atomic mass is 32.2. The highest BCUT2D eigenvalue weighted by Gasteiger charge is 2.27. The number of amides is 2. The average Bonchev–Trinajstić information content (AvgIpc) is 3.00. The minimum atomic E-state index is -0.178. The van der Waals surface area contributed by atoms with Crippen LogP contribution >= 0.6 is 11.8 Å². The highest BCUT2D eigenvalue weighted by molar-refractivity contribution is 8.00. The molecule has 1 saturated heterocycles. The normalized spacial score (nSPS) is 17.0. The van der Waals surface area contributed by atoms with Crippen LogP contribution in [0.1, 0.15) is 17.1 Å². The van der Waals surface area contributed by atoms with Gasteiger partial charge in [-0.25, -0.2) is 4.98 Å². The fraction of sp³-hybridized carbons (Fsp3) is 0.600. The number of hydrogen-bond donors (Lipinski definition) is 1. The molecule has 0 radical (unpaired) electrons. The number of aryl methyl sites for hydroxylation is 1. The molecule has 3 heterocycles. The molecule has 2 amide bonds. The number of rotatable bonds is 4. The van der Waals surface area contributed by atoms with Crippen LogP contribution in [0.5, 0.6) is 0 Å². The smallest absolute Gasteiger partial charge is 0.256 e. The Hall–Kier alpha value is -1.87. The van der Waals surface area contributed by atoms with Gasteiger partial charge in [0.25, 0.3) is 5.56 Å². The van der Waals surface area contributed by atoms with E-state index in [2.05, 4.69) is 9.97 Å². The molecule has 2 aliphatic heterocycles. The van der Waals surface area contributed by atoms with Crippen LogP contribution in [-0.2, 0) is 27.4 Å². The van der Waals surface area contributed by atoms with E-state index in [-0.39, 0.29) is 35.4 Å². The van der Waals surface area contributed by atoms with Crippen molar-refractivity contribution in [3.8, 4) is 0 Å². The summed E-state index contributed by atoms with van der Waals surface area (Å²) < 4.78 is 5.21. The van der Waals surface area contributed by atoms with Crippen molar-refractivity contribution in [3.63, 3.8) is 0 Å². The number of thioether (sulfide) groups is 1. The third-order valence-electron chi connectivity index (χ3n) is 4.08. The summed E-state index contributed by atoms with van der Waals surface area (Å²) in [6.45, 7) is 4.74. The predicted octanol–water partition coefficient (Wildman–Crippen LogP) is -0.487. The Morgan fingerprint density at radius 3 is 2.54 bits per heavy atom. The van der Waals surface area contributed by atoms with Crippen LogP contribution in [0.2, 0.25) is 0 Å². The van der Waals surface area contributed by atoms with Crippen molar-refractivity contribution >= 4 is 23.6 Å². The van der Waals surface area contributed by atoms with E-state index >= 15 is 0 Å². The summed E-state index contributed by atoms with van der Waals surface area (Å²) in [6, 6.07) is 0. The topological polar surface area (TPSA) is 95.6 Å². The van der Waals surface area contributed by atoms with Crippen molar-refractivity contribution < 1.29 is 14.3 Å². The number of carbonyl (C=O) groups excluding carboxylic acids is 2. The van der Waals surface area contributed by atoms with Crippen LogP contribution in [0.15, 0.2) is 4.79 Å². The van der Waals surface area contributed by atoms with E-state index < -0.39 is 0 Å². The standard InChI is InChI=1S/C15H20N4O4S/c1-10-16-12-7-19(6-11(12)15(22)17-10)14(21)9-24-8-13(20)18-2-4-23-5-3-18/h2-9H2,1H3,(H,16,17,22). The molecule has 1 N–H and O–H groups in total. The maximum atomic E-state index is 12.3. The van der Waals surface area contributed by atoms with Crippen LogP contribution in [0.3, 0.4) is 0 Å². The van der Waals surface area contributed by atoms with Crippen molar-refractivity contribution in [1.82, 2.24) is 19.8 Å². The first kappa shape index (κ1) is 17.0. The second kappa shape index (κ2) is 7.35. The van der Waals surface area contributed by atoms with Gasteiger partial charge < -0.3 is 19.5 Å². The largest absolute Gasteiger partial charge is 0.378 e. The lowest BCUT2D eigenvalue weighted by Gasteiger charge is -2.26. The van der Waals surface area contributed by atoms with Crippen molar-refractivity contribution in [2.45, 2.75) is 20.0 Å². The molecule has 0 saturated carbocycles. The number of aromatic nitrogens is 2. The fourth-order valence-electron chi connectivity index (χ4n) is 2.79. The zero-order valence-electron chi connectivity index (χ0n) is 13.5. The molecule has 130 valence electrons. The van der Waals surface area contributed by atoms with E-state index in [1.165, 1.54) is 11.8 Å². The lowest BCUT2D eigenvalue weighted by atomic mass is 10.3. The van der Waals surface area contributed by atoms with Crippen molar-refractivity contribution in [3.05, 3.63) is 27.4 Å². The number of hydrogen-bond acceptors (Lipinski definition) is 6. The van der Waals surface area contributed by atoms with E-state index in [4.69, 9.17) is 4.74 Å². The molecule has 9 heteroatoms. The molecule has 24 heavy (non-hydrogen) atoms. The van der Waals surface area contributed by atoms with Gasteiger partial charge >= 0.3 is 0 Å². The first-order valence-corrected chi connectivity index (χ1v) is 9.00. The van der Waals surface area contributed by atoms with E-state index in [0.29, 0.717) is 49.9 Å². The zero-order chi connectivity index (χ0) is 17.1. The molecule has 0 bridgehead atoms. The van der Waals surface area contributed by atoms with Crippen LogP contribution in [0.4, 0.5) is 0 Å². The molecule has 2 aliphatic rings. The number of H-pyrrole nitrogens is 1. The van der Waals surface area contributed by atoms with E-state index in [9.17, 15) is 14.4 Å². The Kier molecular flexibility index (Phi) is 5.20. The quantitative estimate of drug-likeness (QED) is 0.786. The van der Waals surface area contributed by atoms with Gasteiger partial charge in [-0.05, 0) is 6.92 Å². The molecular formula is C15H20N4O4S. The summed E-state index contributed by atoms with van der Waals surface area (Å²) in [7, 11) is 0. The third-order valence-corrected chi connectivity index (χ3v) is 4.98. The van der Waals surface area contributed by atoms with Gasteiger partial charge in [0.05, 0.1) is 49.1 Å². The fourth-order valence-corrected chi connectivity index (χ4v) is 3.60. The Labute approximate surface area is 143 Å². The molecular weight excluding hydrogens is 332 g/mol. The Bertz CT molecular complexity index is 699. The van der Waals surface area contributed by atoms with Gasteiger partial charge in [-0.15, -0.1) is 11.8 Å². The minimum Gasteiger partial charge on any atom is -0.378 e. The molecule has 1 aromatic rings. The number of nitrogens with one attached hydrogen (secondary N) is 1. The molecule has 1 fully saturated rings. The number of morpholine rings is 1. The maximum absolute atomic E-state index is 12.3. The minimum absolute atomic E-state index is 0.0366. The summed E-state index contributed by atoms with van der Waals surface area (Å²) >= 11 is 1.31. The van der Waals surface area contributed by atoms with Gasteiger partial charge in [-0.3, -0.25) is 14.4 Å². The van der Waals surface area contributed by atoms with Crippen LogP contribution in [0.25, 0.3) is 0 Å². The summed E-state index contributed by atoms with van der Waals surface area (Å²) in [4.78, 5) is 46.5. The predicted molar refractivity (Wildman–Crippen MR) is 88.6 cm³/mol. The summed E-state index contributed by atoms with van der Waals surface area (Å²) in [5.41, 5.74) is 1.05. The van der Waals surface area contributed by atoms with Gasteiger partial charge in [0.2, 0.25) is 11.8 Å². The second-order valence-corrected chi connectivity index (χ2v) is 6.80. The molecule has 0 aliphatic carbocycles. The zero-order valence-corrected chi connectivity index (χ0v) is 14.4. The number of aromatic amines is 1. The highest BCUT2D eigenvalue weighted by Crippen LogP contribution is 2.19.